The van der Waals surface area contributed by atoms with Crippen LogP contribution in [0.4, 0.5) is 4.39 Å². The molecule has 1 aromatic rings. The molecule has 2 bridgehead atoms. The van der Waals surface area contributed by atoms with E-state index in [4.69, 9.17) is 0 Å². The standard InChI is InChI=1S/C19H26FN3O/c1-14-2-3-16(17(20)12-14)19(24)23-10-8-22(9-11-23)18-13-21-6-4-15(18)5-7-21/h2-3,12,15,18H,4-11,13H2,1H3/t18-/m1/s1. The first kappa shape index (κ1) is 16.0. The Bertz CT molecular complexity index is 619. The van der Waals surface area contributed by atoms with E-state index in [9.17, 15) is 9.18 Å². The Kier molecular flexibility index (Phi) is 4.31. The number of halogens is 1. The summed E-state index contributed by atoms with van der Waals surface area (Å²) in [5, 5.41) is 0. The van der Waals surface area contributed by atoms with E-state index in [2.05, 4.69) is 9.80 Å². The maximum Gasteiger partial charge on any atom is 0.256 e. The SMILES string of the molecule is Cc1ccc(C(=O)N2CCN([C@@H]3CN4CCC3CC4)CC2)c(F)c1. The van der Waals surface area contributed by atoms with Gasteiger partial charge in [0.1, 0.15) is 5.82 Å². The summed E-state index contributed by atoms with van der Waals surface area (Å²) < 4.78 is 14.1. The molecule has 0 N–H and O–H groups in total. The number of aryl methyl sites for hydroxylation is 1. The molecule has 0 aliphatic carbocycles. The van der Waals surface area contributed by atoms with E-state index in [1.807, 2.05) is 11.8 Å². The van der Waals surface area contributed by atoms with Crippen molar-refractivity contribution in [2.24, 2.45) is 5.92 Å². The van der Waals surface area contributed by atoms with Crippen molar-refractivity contribution < 1.29 is 9.18 Å². The lowest BCUT2D eigenvalue weighted by Crippen LogP contribution is -2.61. The zero-order valence-electron chi connectivity index (χ0n) is 14.4. The minimum Gasteiger partial charge on any atom is -0.336 e. The van der Waals surface area contributed by atoms with Gasteiger partial charge in [0, 0.05) is 38.8 Å². The lowest BCUT2D eigenvalue weighted by Gasteiger charge is -2.51. The predicted octanol–water partition coefficient (Wildman–Crippen LogP) is 1.99. The van der Waals surface area contributed by atoms with Crippen LogP contribution in [-0.4, -0.2) is 72.5 Å². The average Bonchev–Trinajstić information content (AvgIpc) is 2.62. The average molecular weight is 331 g/mol. The Labute approximate surface area is 143 Å². The largest absolute Gasteiger partial charge is 0.336 e. The van der Waals surface area contributed by atoms with Crippen molar-refractivity contribution in [3.8, 4) is 0 Å². The fraction of sp³-hybridized carbons (Fsp3) is 0.632. The molecule has 5 heteroatoms. The molecule has 0 saturated carbocycles. The molecular formula is C19H26FN3O. The third-order valence-corrected chi connectivity index (χ3v) is 6.05. The van der Waals surface area contributed by atoms with Gasteiger partial charge in [-0.15, -0.1) is 0 Å². The summed E-state index contributed by atoms with van der Waals surface area (Å²) in [6.07, 6.45) is 2.64. The molecule has 1 atom stereocenters. The zero-order chi connectivity index (χ0) is 16.7. The van der Waals surface area contributed by atoms with Crippen LogP contribution >= 0.6 is 0 Å². The van der Waals surface area contributed by atoms with Gasteiger partial charge in [-0.05, 0) is 56.5 Å². The van der Waals surface area contributed by atoms with E-state index >= 15 is 0 Å². The van der Waals surface area contributed by atoms with Gasteiger partial charge in [-0.25, -0.2) is 4.39 Å². The maximum absolute atomic E-state index is 14.1. The normalized spacial score (nSPS) is 30.6. The number of piperazine rings is 1. The molecule has 5 rings (SSSR count). The van der Waals surface area contributed by atoms with E-state index in [-0.39, 0.29) is 11.5 Å². The van der Waals surface area contributed by atoms with Crippen LogP contribution in [0.15, 0.2) is 18.2 Å². The summed E-state index contributed by atoms with van der Waals surface area (Å²) in [5.41, 5.74) is 1.05. The summed E-state index contributed by atoms with van der Waals surface area (Å²) in [4.78, 5) is 19.5. The molecular weight excluding hydrogens is 305 g/mol. The van der Waals surface area contributed by atoms with Crippen molar-refractivity contribution in [1.29, 1.82) is 0 Å². The van der Waals surface area contributed by atoms with E-state index < -0.39 is 5.82 Å². The van der Waals surface area contributed by atoms with Crippen molar-refractivity contribution >= 4 is 5.91 Å². The molecule has 0 spiro atoms. The summed E-state index contributed by atoms with van der Waals surface area (Å²) in [6.45, 7) is 8.76. The Morgan fingerprint density at radius 2 is 1.79 bits per heavy atom. The van der Waals surface area contributed by atoms with Crippen LogP contribution in [0.5, 0.6) is 0 Å². The van der Waals surface area contributed by atoms with Crippen molar-refractivity contribution in [2.45, 2.75) is 25.8 Å². The lowest BCUT2D eigenvalue weighted by atomic mass is 9.83. The molecule has 4 aliphatic heterocycles. The number of hydrogen-bond acceptors (Lipinski definition) is 3. The minimum absolute atomic E-state index is 0.166. The second kappa shape index (κ2) is 6.45. The van der Waals surface area contributed by atoms with Gasteiger partial charge >= 0.3 is 0 Å². The highest BCUT2D eigenvalue weighted by molar-refractivity contribution is 5.94. The Balaban J connectivity index is 1.38. The Hall–Kier alpha value is -1.46. The monoisotopic (exact) mass is 331 g/mol. The second-order valence-corrected chi connectivity index (χ2v) is 7.52. The smallest absolute Gasteiger partial charge is 0.256 e. The second-order valence-electron chi connectivity index (χ2n) is 7.52. The van der Waals surface area contributed by atoms with Gasteiger partial charge in [0.15, 0.2) is 0 Å². The topological polar surface area (TPSA) is 26.8 Å². The number of fused-ring (bicyclic) bond motifs is 3. The van der Waals surface area contributed by atoms with Gasteiger partial charge < -0.3 is 9.80 Å². The first-order valence-electron chi connectivity index (χ1n) is 9.13. The minimum atomic E-state index is -0.403. The first-order valence-corrected chi connectivity index (χ1v) is 9.13. The molecule has 0 aromatic heterocycles. The number of carbonyl (C=O) groups excluding carboxylic acids is 1. The predicted molar refractivity (Wildman–Crippen MR) is 91.6 cm³/mol. The van der Waals surface area contributed by atoms with Gasteiger partial charge in [-0.2, -0.15) is 0 Å². The summed E-state index contributed by atoms with van der Waals surface area (Å²) in [5.74, 6) is 0.257. The maximum atomic E-state index is 14.1. The van der Waals surface area contributed by atoms with Crippen LogP contribution in [0.25, 0.3) is 0 Å². The third-order valence-electron chi connectivity index (χ3n) is 6.05. The van der Waals surface area contributed by atoms with Crippen molar-refractivity contribution in [1.82, 2.24) is 14.7 Å². The third kappa shape index (κ3) is 2.95. The molecule has 1 amide bonds. The van der Waals surface area contributed by atoms with Crippen molar-refractivity contribution in [3.63, 3.8) is 0 Å². The van der Waals surface area contributed by atoms with Gasteiger partial charge in [-0.1, -0.05) is 6.07 Å². The van der Waals surface area contributed by atoms with Crippen LogP contribution in [0.2, 0.25) is 0 Å². The summed E-state index contributed by atoms with van der Waals surface area (Å²) >= 11 is 0. The zero-order valence-corrected chi connectivity index (χ0v) is 14.4. The quantitative estimate of drug-likeness (QED) is 0.829. The summed E-state index contributed by atoms with van der Waals surface area (Å²) in [7, 11) is 0. The van der Waals surface area contributed by atoms with E-state index in [1.54, 1.807) is 12.1 Å². The molecule has 4 saturated heterocycles. The Morgan fingerprint density at radius 1 is 1.08 bits per heavy atom. The first-order chi connectivity index (χ1) is 11.6. The van der Waals surface area contributed by atoms with Crippen LogP contribution in [0.3, 0.4) is 0 Å². The van der Waals surface area contributed by atoms with Crippen LogP contribution in [0, 0.1) is 18.7 Å². The van der Waals surface area contributed by atoms with Gasteiger partial charge in [-0.3, -0.25) is 9.69 Å². The number of benzene rings is 1. The highest BCUT2D eigenvalue weighted by Crippen LogP contribution is 2.31. The van der Waals surface area contributed by atoms with Gasteiger partial charge in [0.2, 0.25) is 0 Å². The number of piperidine rings is 3. The fourth-order valence-corrected chi connectivity index (χ4v) is 4.57. The molecule has 0 radical (unpaired) electrons. The molecule has 0 unspecified atom stereocenters. The van der Waals surface area contributed by atoms with Crippen LogP contribution < -0.4 is 0 Å². The van der Waals surface area contributed by atoms with E-state index in [0.29, 0.717) is 19.1 Å². The van der Waals surface area contributed by atoms with Crippen LogP contribution in [-0.2, 0) is 0 Å². The number of carbonyl (C=O) groups is 1. The highest BCUT2D eigenvalue weighted by Gasteiger charge is 2.38. The van der Waals surface area contributed by atoms with Crippen molar-refractivity contribution in [3.05, 3.63) is 35.1 Å². The fourth-order valence-electron chi connectivity index (χ4n) is 4.57. The number of nitrogens with zero attached hydrogens (tertiary/aromatic N) is 3. The number of hydrogen-bond donors (Lipinski definition) is 0. The molecule has 4 fully saturated rings. The highest BCUT2D eigenvalue weighted by atomic mass is 19.1. The molecule has 1 aromatic carbocycles. The number of rotatable bonds is 2. The molecule has 4 aliphatic rings. The lowest BCUT2D eigenvalue weighted by molar-refractivity contribution is -0.0131. The van der Waals surface area contributed by atoms with Gasteiger partial charge in [0.25, 0.3) is 5.91 Å². The number of amides is 1. The Morgan fingerprint density at radius 3 is 2.38 bits per heavy atom. The molecule has 4 nitrogen and oxygen atoms in total. The molecule has 4 heterocycles. The van der Waals surface area contributed by atoms with Gasteiger partial charge in [0.05, 0.1) is 5.56 Å². The van der Waals surface area contributed by atoms with Crippen LogP contribution in [0.1, 0.15) is 28.8 Å². The molecule has 130 valence electrons. The summed E-state index contributed by atoms with van der Waals surface area (Å²) in [6, 6.07) is 5.52. The van der Waals surface area contributed by atoms with Crippen molar-refractivity contribution in [2.75, 3.05) is 45.8 Å². The van der Waals surface area contributed by atoms with E-state index in [1.165, 1.54) is 38.5 Å². The van der Waals surface area contributed by atoms with E-state index in [0.717, 1.165) is 24.6 Å². The molecule has 24 heavy (non-hydrogen) atoms.